The molecule has 0 aliphatic rings. The van der Waals surface area contributed by atoms with Crippen molar-refractivity contribution in [1.29, 1.82) is 0 Å². The summed E-state index contributed by atoms with van der Waals surface area (Å²) >= 11 is 0. The first-order valence-corrected chi connectivity index (χ1v) is 10.5. The molecule has 6 heteroatoms. The summed E-state index contributed by atoms with van der Waals surface area (Å²) in [6.07, 6.45) is 1.93. The molecule has 2 N–H and O–H groups in total. The van der Waals surface area contributed by atoms with E-state index >= 15 is 0 Å². The van der Waals surface area contributed by atoms with E-state index in [4.69, 9.17) is 9.73 Å². The highest BCUT2D eigenvalue weighted by Crippen LogP contribution is 2.21. The first kappa shape index (κ1) is 22.8. The van der Waals surface area contributed by atoms with Crippen LogP contribution in [0.1, 0.15) is 55.6 Å². The molecule has 0 radical (unpaired) electrons. The van der Waals surface area contributed by atoms with Crippen molar-refractivity contribution in [2.75, 3.05) is 20.2 Å². The van der Waals surface area contributed by atoms with E-state index in [1.54, 1.807) is 7.11 Å². The lowest BCUT2D eigenvalue weighted by Gasteiger charge is -2.18. The summed E-state index contributed by atoms with van der Waals surface area (Å²) in [7, 11) is 3.69. The van der Waals surface area contributed by atoms with Crippen molar-refractivity contribution >= 4 is 5.96 Å². The normalized spacial score (nSPS) is 13.8. The molecule has 0 aliphatic carbocycles. The van der Waals surface area contributed by atoms with Crippen LogP contribution in [0.5, 0.6) is 5.75 Å². The highest BCUT2D eigenvalue weighted by atomic mass is 16.5. The van der Waals surface area contributed by atoms with Gasteiger partial charge in [0, 0.05) is 31.9 Å². The maximum absolute atomic E-state index is 5.24. The maximum Gasteiger partial charge on any atom is 0.191 e. The van der Waals surface area contributed by atoms with Crippen molar-refractivity contribution < 1.29 is 4.74 Å². The molecule has 160 valence electrons. The van der Waals surface area contributed by atoms with Gasteiger partial charge in [0.25, 0.3) is 0 Å². The SMILES string of the molecule is CCNC(=NCCC(C)c1ccc(OC)cc1)NC(C)Cc1c(C)nn(C)c1C. The molecule has 0 amide bonds. The van der Waals surface area contributed by atoms with Crippen LogP contribution < -0.4 is 15.4 Å². The molecule has 2 unspecified atom stereocenters. The Morgan fingerprint density at radius 3 is 2.45 bits per heavy atom. The van der Waals surface area contributed by atoms with Gasteiger partial charge in [-0.3, -0.25) is 9.67 Å². The van der Waals surface area contributed by atoms with Crippen molar-refractivity contribution in [3.8, 4) is 5.75 Å². The topological polar surface area (TPSA) is 63.5 Å². The van der Waals surface area contributed by atoms with Crippen LogP contribution in [-0.4, -0.2) is 42.0 Å². The van der Waals surface area contributed by atoms with Gasteiger partial charge < -0.3 is 15.4 Å². The van der Waals surface area contributed by atoms with Crippen molar-refractivity contribution in [3.63, 3.8) is 0 Å². The van der Waals surface area contributed by atoms with Crippen LogP contribution in [0.25, 0.3) is 0 Å². The van der Waals surface area contributed by atoms with Gasteiger partial charge in [0.15, 0.2) is 5.96 Å². The lowest BCUT2D eigenvalue weighted by molar-refractivity contribution is 0.414. The largest absolute Gasteiger partial charge is 0.497 e. The van der Waals surface area contributed by atoms with E-state index in [0.29, 0.717) is 5.92 Å². The van der Waals surface area contributed by atoms with Gasteiger partial charge in [0.1, 0.15) is 5.75 Å². The molecule has 0 bridgehead atoms. The van der Waals surface area contributed by atoms with E-state index in [1.807, 2.05) is 23.9 Å². The second kappa shape index (κ2) is 10.9. The van der Waals surface area contributed by atoms with Gasteiger partial charge >= 0.3 is 0 Å². The minimum atomic E-state index is 0.272. The van der Waals surface area contributed by atoms with Gasteiger partial charge in [-0.1, -0.05) is 19.1 Å². The van der Waals surface area contributed by atoms with Crippen LogP contribution in [0.2, 0.25) is 0 Å². The van der Waals surface area contributed by atoms with Crippen molar-refractivity contribution in [2.24, 2.45) is 12.0 Å². The molecular formula is C23H37N5O. The minimum absolute atomic E-state index is 0.272. The molecule has 2 rings (SSSR count). The molecule has 2 aromatic rings. The molecule has 0 aliphatic heterocycles. The predicted octanol–water partition coefficient (Wildman–Crippen LogP) is 3.73. The molecule has 1 aromatic carbocycles. The average molecular weight is 400 g/mol. The van der Waals surface area contributed by atoms with Crippen LogP contribution in [0.3, 0.4) is 0 Å². The second-order valence-corrected chi connectivity index (χ2v) is 7.75. The molecule has 1 heterocycles. The number of ether oxygens (including phenoxy) is 1. The molecular weight excluding hydrogens is 362 g/mol. The summed E-state index contributed by atoms with van der Waals surface area (Å²) in [5.74, 6) is 2.22. The van der Waals surface area contributed by atoms with E-state index in [2.05, 4.69) is 62.5 Å². The number of methoxy groups -OCH3 is 1. The Hall–Kier alpha value is -2.50. The van der Waals surface area contributed by atoms with Gasteiger partial charge in [0.05, 0.1) is 12.8 Å². The highest BCUT2D eigenvalue weighted by Gasteiger charge is 2.14. The summed E-state index contributed by atoms with van der Waals surface area (Å²) < 4.78 is 7.20. The van der Waals surface area contributed by atoms with Gasteiger partial charge in [-0.2, -0.15) is 5.10 Å². The molecule has 0 saturated carbocycles. The number of nitrogens with one attached hydrogen (secondary N) is 2. The van der Waals surface area contributed by atoms with Crippen LogP contribution in [0.15, 0.2) is 29.3 Å². The number of benzene rings is 1. The van der Waals surface area contributed by atoms with Crippen molar-refractivity contribution in [3.05, 3.63) is 46.8 Å². The Kier molecular flexibility index (Phi) is 8.55. The number of rotatable bonds is 9. The Morgan fingerprint density at radius 2 is 1.90 bits per heavy atom. The zero-order chi connectivity index (χ0) is 21.4. The number of aliphatic imine (C=N–C) groups is 1. The monoisotopic (exact) mass is 399 g/mol. The molecule has 6 nitrogen and oxygen atoms in total. The average Bonchev–Trinajstić information content (AvgIpc) is 2.94. The van der Waals surface area contributed by atoms with Gasteiger partial charge in [-0.25, -0.2) is 0 Å². The Morgan fingerprint density at radius 1 is 1.21 bits per heavy atom. The first-order valence-electron chi connectivity index (χ1n) is 10.5. The first-order chi connectivity index (χ1) is 13.8. The summed E-state index contributed by atoms with van der Waals surface area (Å²) in [5.41, 5.74) is 4.96. The lowest BCUT2D eigenvalue weighted by atomic mass is 9.98. The third-order valence-electron chi connectivity index (χ3n) is 5.41. The van der Waals surface area contributed by atoms with Crippen molar-refractivity contribution in [2.45, 2.75) is 59.4 Å². The lowest BCUT2D eigenvalue weighted by Crippen LogP contribution is -2.43. The van der Waals surface area contributed by atoms with E-state index in [-0.39, 0.29) is 6.04 Å². The van der Waals surface area contributed by atoms with Crippen molar-refractivity contribution in [1.82, 2.24) is 20.4 Å². The van der Waals surface area contributed by atoms with E-state index in [9.17, 15) is 0 Å². The Bertz CT molecular complexity index is 794. The molecule has 0 spiro atoms. The fourth-order valence-electron chi connectivity index (χ4n) is 3.49. The summed E-state index contributed by atoms with van der Waals surface area (Å²) in [5, 5.41) is 11.4. The third-order valence-corrected chi connectivity index (χ3v) is 5.41. The molecule has 0 fully saturated rings. The van der Waals surface area contributed by atoms with Crippen LogP contribution in [0.4, 0.5) is 0 Å². The van der Waals surface area contributed by atoms with E-state index < -0.39 is 0 Å². The number of aromatic nitrogens is 2. The molecule has 1 aromatic heterocycles. The van der Waals surface area contributed by atoms with E-state index in [0.717, 1.165) is 43.3 Å². The summed E-state index contributed by atoms with van der Waals surface area (Å²) in [6, 6.07) is 8.58. The fraction of sp³-hybridized carbons (Fsp3) is 0.565. The van der Waals surface area contributed by atoms with Gasteiger partial charge in [-0.05, 0) is 69.7 Å². The summed E-state index contributed by atoms with van der Waals surface area (Å²) in [4.78, 5) is 4.79. The van der Waals surface area contributed by atoms with Crippen LogP contribution >= 0.6 is 0 Å². The molecule has 0 saturated heterocycles. The second-order valence-electron chi connectivity index (χ2n) is 7.75. The standard InChI is InChI=1S/C23H37N5O/c1-8-24-23(26-17(3)15-22-18(4)27-28(6)19(22)5)25-14-13-16(2)20-9-11-21(29-7)12-10-20/h9-12,16-17H,8,13-15H2,1-7H3,(H2,24,25,26). The Labute approximate surface area is 175 Å². The quantitative estimate of drug-likeness (QED) is 0.498. The van der Waals surface area contributed by atoms with Crippen LogP contribution in [-0.2, 0) is 13.5 Å². The number of nitrogens with zero attached hydrogens (tertiary/aromatic N) is 3. The zero-order valence-electron chi connectivity index (χ0n) is 19.0. The zero-order valence-corrected chi connectivity index (χ0v) is 19.0. The smallest absolute Gasteiger partial charge is 0.191 e. The number of aryl methyl sites for hydroxylation is 2. The van der Waals surface area contributed by atoms with E-state index in [1.165, 1.54) is 16.8 Å². The number of hydrogen-bond acceptors (Lipinski definition) is 3. The minimum Gasteiger partial charge on any atom is -0.497 e. The Balaban J connectivity index is 1.92. The fourth-order valence-corrected chi connectivity index (χ4v) is 3.49. The number of guanidine groups is 1. The number of hydrogen-bond donors (Lipinski definition) is 2. The maximum atomic E-state index is 5.24. The molecule has 29 heavy (non-hydrogen) atoms. The predicted molar refractivity (Wildman–Crippen MR) is 121 cm³/mol. The molecule has 2 atom stereocenters. The summed E-state index contributed by atoms with van der Waals surface area (Å²) in [6.45, 7) is 12.4. The highest BCUT2D eigenvalue weighted by molar-refractivity contribution is 5.80. The van der Waals surface area contributed by atoms with Crippen LogP contribution in [0, 0.1) is 13.8 Å². The third kappa shape index (κ3) is 6.51. The van der Waals surface area contributed by atoms with Gasteiger partial charge in [0.2, 0.25) is 0 Å². The van der Waals surface area contributed by atoms with Gasteiger partial charge in [-0.15, -0.1) is 0 Å².